The lowest BCUT2D eigenvalue weighted by molar-refractivity contribution is 0.0955. The van der Waals surface area contributed by atoms with Crippen molar-refractivity contribution in [1.82, 2.24) is 10.4 Å². The highest BCUT2D eigenvalue weighted by Gasteiger charge is 2.22. The van der Waals surface area contributed by atoms with E-state index in [9.17, 15) is 13.2 Å². The number of amides is 1. The van der Waals surface area contributed by atoms with Crippen LogP contribution >= 0.6 is 15.9 Å². The summed E-state index contributed by atoms with van der Waals surface area (Å²) in [6.45, 7) is 3.91. The first kappa shape index (κ1) is 23.4. The largest absolute Gasteiger partial charge is 0.490 e. The molecule has 0 aliphatic heterocycles. The predicted molar refractivity (Wildman–Crippen MR) is 124 cm³/mol. The van der Waals surface area contributed by atoms with E-state index >= 15 is 0 Å². The van der Waals surface area contributed by atoms with Crippen LogP contribution in [0.3, 0.4) is 0 Å². The van der Waals surface area contributed by atoms with Gasteiger partial charge in [0.2, 0.25) is 0 Å². The smallest absolute Gasteiger partial charge is 0.339 e. The van der Waals surface area contributed by atoms with Crippen molar-refractivity contribution in [3.8, 4) is 11.5 Å². The van der Waals surface area contributed by atoms with Gasteiger partial charge in [-0.3, -0.25) is 9.78 Å². The molecule has 0 saturated carbocycles. The van der Waals surface area contributed by atoms with Crippen LogP contribution in [0.15, 0.2) is 75.4 Å². The molecule has 0 aliphatic rings. The number of aromatic nitrogens is 1. The zero-order valence-electron chi connectivity index (χ0n) is 17.3. The molecule has 0 bridgehead atoms. The topological polar surface area (TPSA) is 107 Å². The van der Waals surface area contributed by atoms with Crippen LogP contribution in [0, 0.1) is 6.92 Å². The van der Waals surface area contributed by atoms with E-state index < -0.39 is 16.0 Å². The lowest BCUT2D eigenvalue weighted by Crippen LogP contribution is -2.17. The monoisotopic (exact) mass is 517 g/mol. The summed E-state index contributed by atoms with van der Waals surface area (Å²) in [7, 11) is -4.07. The highest BCUT2D eigenvalue weighted by molar-refractivity contribution is 9.10. The van der Waals surface area contributed by atoms with Crippen molar-refractivity contribution in [2.45, 2.75) is 18.7 Å². The first-order valence-electron chi connectivity index (χ1n) is 9.51. The fraction of sp³-hybridized carbons (Fsp3) is 0.136. The van der Waals surface area contributed by atoms with Gasteiger partial charge in [-0.2, -0.15) is 13.5 Å². The van der Waals surface area contributed by atoms with E-state index in [2.05, 4.69) is 31.4 Å². The molecule has 0 aliphatic carbocycles. The molecule has 0 fully saturated rings. The van der Waals surface area contributed by atoms with Crippen LogP contribution in [-0.2, 0) is 10.1 Å². The Morgan fingerprint density at radius 1 is 1.16 bits per heavy atom. The standard InChI is InChI=1S/C22H20BrN3O5S/c1-3-30-20-13-16(14-25-26-22(27)17-8-10-24-11-9-17)12-19(23)21(20)31-32(28,29)18-6-4-15(2)5-7-18/h4-14H,3H2,1-2H3,(H,26,27)/b25-14+. The minimum Gasteiger partial charge on any atom is -0.490 e. The zero-order valence-corrected chi connectivity index (χ0v) is 19.7. The Bertz CT molecular complexity index is 1230. The number of nitrogens with one attached hydrogen (secondary N) is 1. The summed E-state index contributed by atoms with van der Waals surface area (Å²) in [6.07, 6.45) is 4.42. The summed E-state index contributed by atoms with van der Waals surface area (Å²) in [6, 6.07) is 12.6. The third-order valence-corrected chi connectivity index (χ3v) is 5.98. The van der Waals surface area contributed by atoms with Crippen molar-refractivity contribution in [1.29, 1.82) is 0 Å². The van der Waals surface area contributed by atoms with Crippen LogP contribution in [0.5, 0.6) is 11.5 Å². The van der Waals surface area contributed by atoms with Crippen LogP contribution < -0.4 is 14.3 Å². The number of halogens is 1. The average molecular weight is 518 g/mol. The van der Waals surface area contributed by atoms with E-state index in [-0.39, 0.29) is 23.0 Å². The molecule has 3 aromatic rings. The molecular formula is C22H20BrN3O5S. The fourth-order valence-electron chi connectivity index (χ4n) is 2.60. The van der Waals surface area contributed by atoms with Gasteiger partial charge in [0.05, 0.1) is 17.3 Å². The molecule has 8 nitrogen and oxygen atoms in total. The summed E-state index contributed by atoms with van der Waals surface area (Å²) in [5, 5.41) is 3.94. The Morgan fingerprint density at radius 2 is 1.84 bits per heavy atom. The van der Waals surface area contributed by atoms with Gasteiger partial charge in [0.15, 0.2) is 11.5 Å². The van der Waals surface area contributed by atoms with Crippen LogP contribution in [0.25, 0.3) is 0 Å². The summed E-state index contributed by atoms with van der Waals surface area (Å²) < 4.78 is 36.7. The normalized spacial score (nSPS) is 11.3. The minimum absolute atomic E-state index is 0.0189. The summed E-state index contributed by atoms with van der Waals surface area (Å²) >= 11 is 3.34. The number of carbonyl (C=O) groups is 1. The number of pyridine rings is 1. The first-order valence-corrected chi connectivity index (χ1v) is 11.7. The summed E-state index contributed by atoms with van der Waals surface area (Å²) in [4.78, 5) is 16.0. The van der Waals surface area contributed by atoms with E-state index in [0.29, 0.717) is 15.6 Å². The van der Waals surface area contributed by atoms with E-state index in [1.165, 1.54) is 30.7 Å². The third-order valence-electron chi connectivity index (χ3n) is 4.16. The second-order valence-electron chi connectivity index (χ2n) is 6.55. The minimum atomic E-state index is -4.07. The lowest BCUT2D eigenvalue weighted by atomic mass is 10.2. The van der Waals surface area contributed by atoms with Gasteiger partial charge in [-0.25, -0.2) is 5.43 Å². The first-order chi connectivity index (χ1) is 15.3. The van der Waals surface area contributed by atoms with Gasteiger partial charge in [-0.05, 0) is 71.7 Å². The number of carbonyl (C=O) groups excluding carboxylic acids is 1. The van der Waals surface area contributed by atoms with Crippen molar-refractivity contribution in [2.24, 2.45) is 5.10 Å². The Balaban J connectivity index is 1.83. The van der Waals surface area contributed by atoms with E-state index in [1.807, 2.05) is 6.92 Å². The van der Waals surface area contributed by atoms with E-state index in [0.717, 1.165) is 5.56 Å². The van der Waals surface area contributed by atoms with Gasteiger partial charge in [0, 0.05) is 18.0 Å². The van der Waals surface area contributed by atoms with Gasteiger partial charge in [0.25, 0.3) is 5.91 Å². The van der Waals surface area contributed by atoms with Gasteiger partial charge >= 0.3 is 10.1 Å². The van der Waals surface area contributed by atoms with Crippen molar-refractivity contribution >= 4 is 38.2 Å². The molecule has 2 aromatic carbocycles. The number of hydrogen-bond donors (Lipinski definition) is 1. The quantitative estimate of drug-likeness (QED) is 0.274. The maximum absolute atomic E-state index is 12.7. The highest BCUT2D eigenvalue weighted by Crippen LogP contribution is 2.38. The fourth-order valence-corrected chi connectivity index (χ4v) is 4.21. The Labute approximate surface area is 194 Å². The third kappa shape index (κ3) is 5.92. The van der Waals surface area contributed by atoms with Gasteiger partial charge < -0.3 is 8.92 Å². The van der Waals surface area contributed by atoms with E-state index in [4.69, 9.17) is 8.92 Å². The van der Waals surface area contributed by atoms with Gasteiger partial charge in [-0.1, -0.05) is 17.7 Å². The number of aryl methyl sites for hydroxylation is 1. The van der Waals surface area contributed by atoms with Crippen LogP contribution in [0.2, 0.25) is 0 Å². The highest BCUT2D eigenvalue weighted by atomic mass is 79.9. The number of hydrazone groups is 1. The SMILES string of the molecule is CCOc1cc(/C=N/NC(=O)c2ccncc2)cc(Br)c1OS(=O)(=O)c1ccc(C)cc1. The molecular weight excluding hydrogens is 498 g/mol. The van der Waals surface area contributed by atoms with Gasteiger partial charge in [-0.15, -0.1) is 0 Å². The van der Waals surface area contributed by atoms with Crippen LogP contribution in [-0.4, -0.2) is 32.1 Å². The van der Waals surface area contributed by atoms with Crippen molar-refractivity contribution < 1.29 is 22.1 Å². The molecule has 166 valence electrons. The van der Waals surface area contributed by atoms with Gasteiger partial charge in [0.1, 0.15) is 4.90 Å². The number of ether oxygens (including phenoxy) is 1. The van der Waals surface area contributed by atoms with Crippen molar-refractivity contribution in [3.05, 3.63) is 82.1 Å². The lowest BCUT2D eigenvalue weighted by Gasteiger charge is -2.14. The van der Waals surface area contributed by atoms with Crippen molar-refractivity contribution in [2.75, 3.05) is 6.61 Å². The van der Waals surface area contributed by atoms with E-state index in [1.54, 1.807) is 43.3 Å². The second-order valence-corrected chi connectivity index (χ2v) is 8.95. The van der Waals surface area contributed by atoms with Crippen LogP contribution in [0.4, 0.5) is 0 Å². The number of benzene rings is 2. The molecule has 0 spiro atoms. The van der Waals surface area contributed by atoms with Crippen LogP contribution in [0.1, 0.15) is 28.4 Å². The molecule has 1 amide bonds. The Kier molecular flexibility index (Phi) is 7.60. The zero-order chi connectivity index (χ0) is 23.1. The Morgan fingerprint density at radius 3 is 2.50 bits per heavy atom. The molecule has 0 unspecified atom stereocenters. The molecule has 10 heteroatoms. The maximum atomic E-state index is 12.7. The van der Waals surface area contributed by atoms with Crippen molar-refractivity contribution in [3.63, 3.8) is 0 Å². The molecule has 0 atom stereocenters. The summed E-state index contributed by atoms with van der Waals surface area (Å²) in [5.41, 5.74) is 4.31. The molecule has 1 N–H and O–H groups in total. The number of nitrogens with zero attached hydrogens (tertiary/aromatic N) is 2. The molecule has 1 aromatic heterocycles. The molecule has 1 heterocycles. The molecule has 32 heavy (non-hydrogen) atoms. The maximum Gasteiger partial charge on any atom is 0.339 e. The molecule has 0 radical (unpaired) electrons. The Hall–Kier alpha value is -3.24. The number of hydrogen-bond acceptors (Lipinski definition) is 7. The summed E-state index contributed by atoms with van der Waals surface area (Å²) in [5.74, 6) is -0.165. The second kappa shape index (κ2) is 10.4. The molecule has 3 rings (SSSR count). The number of rotatable bonds is 8. The average Bonchev–Trinajstić information content (AvgIpc) is 2.77. The predicted octanol–water partition coefficient (Wildman–Crippen LogP) is 4.08. The molecule has 0 saturated heterocycles.